The van der Waals surface area contributed by atoms with E-state index in [0.29, 0.717) is 21.3 Å². The zero-order chi connectivity index (χ0) is 17.8. The van der Waals surface area contributed by atoms with E-state index >= 15 is 0 Å². The molecule has 0 unspecified atom stereocenters. The number of hydrogen-bond acceptors (Lipinski definition) is 3. The van der Waals surface area contributed by atoms with Crippen LogP contribution in [-0.4, -0.2) is 25.2 Å². The summed E-state index contributed by atoms with van der Waals surface area (Å²) < 4.78 is 15.1. The Hall–Kier alpha value is -2.21. The standard InChI is InChI=1S/C19H19BrFN3O/c1-13-10-18(24-8-4-5-9-24)17(21)11-14(13)12-22-23-19(25)15-6-2-3-7-16(15)20/h2-3,6-7,10-12H,4-5,8-9H2,1H3,(H,23,25). The van der Waals surface area contributed by atoms with Crippen molar-refractivity contribution in [1.29, 1.82) is 0 Å². The zero-order valence-electron chi connectivity index (χ0n) is 13.9. The van der Waals surface area contributed by atoms with E-state index in [-0.39, 0.29) is 11.7 Å². The maximum atomic E-state index is 14.4. The van der Waals surface area contributed by atoms with Gasteiger partial charge in [0.15, 0.2) is 0 Å². The average Bonchev–Trinajstić information content (AvgIpc) is 3.12. The van der Waals surface area contributed by atoms with Gasteiger partial charge in [0.25, 0.3) is 5.91 Å². The lowest BCUT2D eigenvalue weighted by Gasteiger charge is -2.19. The number of anilines is 1. The molecule has 2 aromatic rings. The second-order valence-electron chi connectivity index (χ2n) is 6.03. The van der Waals surface area contributed by atoms with E-state index in [9.17, 15) is 9.18 Å². The average molecular weight is 404 g/mol. The summed E-state index contributed by atoms with van der Waals surface area (Å²) in [4.78, 5) is 14.2. The van der Waals surface area contributed by atoms with Crippen LogP contribution < -0.4 is 10.3 Å². The Morgan fingerprint density at radius 1 is 1.28 bits per heavy atom. The molecule has 1 aliphatic heterocycles. The Morgan fingerprint density at radius 3 is 2.72 bits per heavy atom. The van der Waals surface area contributed by atoms with Crippen molar-refractivity contribution in [1.82, 2.24) is 5.43 Å². The fourth-order valence-corrected chi connectivity index (χ4v) is 3.35. The van der Waals surface area contributed by atoms with Gasteiger partial charge in [-0.3, -0.25) is 4.79 Å². The molecule has 25 heavy (non-hydrogen) atoms. The number of nitrogens with zero attached hydrogens (tertiary/aromatic N) is 2. The maximum absolute atomic E-state index is 14.4. The minimum Gasteiger partial charge on any atom is -0.369 e. The normalized spacial score (nSPS) is 14.3. The van der Waals surface area contributed by atoms with Gasteiger partial charge in [-0.15, -0.1) is 0 Å². The molecular formula is C19H19BrFN3O. The van der Waals surface area contributed by atoms with Crippen LogP contribution in [0.4, 0.5) is 10.1 Å². The van der Waals surface area contributed by atoms with Crippen molar-refractivity contribution in [2.45, 2.75) is 19.8 Å². The highest BCUT2D eigenvalue weighted by molar-refractivity contribution is 9.10. The van der Waals surface area contributed by atoms with Crippen molar-refractivity contribution < 1.29 is 9.18 Å². The Balaban J connectivity index is 1.72. The first-order valence-corrected chi connectivity index (χ1v) is 8.98. The van der Waals surface area contributed by atoms with E-state index in [2.05, 4.69) is 31.4 Å². The smallest absolute Gasteiger partial charge is 0.272 e. The number of amides is 1. The number of benzene rings is 2. The van der Waals surface area contributed by atoms with E-state index in [1.54, 1.807) is 18.2 Å². The largest absolute Gasteiger partial charge is 0.369 e. The second-order valence-corrected chi connectivity index (χ2v) is 6.89. The molecule has 0 saturated carbocycles. The van der Waals surface area contributed by atoms with Gasteiger partial charge in [-0.2, -0.15) is 5.10 Å². The van der Waals surface area contributed by atoms with E-state index in [0.717, 1.165) is 31.5 Å². The summed E-state index contributed by atoms with van der Waals surface area (Å²) in [6.45, 7) is 3.70. The lowest BCUT2D eigenvalue weighted by molar-refractivity contribution is 0.0954. The third kappa shape index (κ3) is 4.07. The molecule has 1 aliphatic rings. The number of hydrazone groups is 1. The summed E-state index contributed by atoms with van der Waals surface area (Å²) in [6.07, 6.45) is 3.67. The minimum atomic E-state index is -0.324. The van der Waals surface area contributed by atoms with Gasteiger partial charge in [0, 0.05) is 23.1 Å². The molecule has 1 fully saturated rings. The predicted octanol–water partition coefficient (Wildman–Crippen LogP) is 4.26. The molecule has 0 aliphatic carbocycles. The number of carbonyl (C=O) groups is 1. The fraction of sp³-hybridized carbons (Fsp3) is 0.263. The summed E-state index contributed by atoms with van der Waals surface area (Å²) in [5.41, 5.74) is 5.17. The zero-order valence-corrected chi connectivity index (χ0v) is 15.5. The van der Waals surface area contributed by atoms with E-state index in [1.807, 2.05) is 19.1 Å². The van der Waals surface area contributed by atoms with Gasteiger partial charge >= 0.3 is 0 Å². The number of hydrogen-bond donors (Lipinski definition) is 1. The highest BCUT2D eigenvalue weighted by Crippen LogP contribution is 2.26. The van der Waals surface area contributed by atoms with Crippen LogP contribution in [0.25, 0.3) is 0 Å². The molecule has 1 amide bonds. The topological polar surface area (TPSA) is 44.7 Å². The monoisotopic (exact) mass is 403 g/mol. The number of aryl methyl sites for hydroxylation is 1. The van der Waals surface area contributed by atoms with Crippen LogP contribution in [0.15, 0.2) is 46.0 Å². The first-order chi connectivity index (χ1) is 12.1. The molecule has 4 nitrogen and oxygen atoms in total. The molecule has 3 rings (SSSR count). The molecule has 6 heteroatoms. The van der Waals surface area contributed by atoms with Crippen molar-refractivity contribution in [3.05, 3.63) is 63.4 Å². The van der Waals surface area contributed by atoms with Crippen molar-refractivity contribution in [3.8, 4) is 0 Å². The first kappa shape index (κ1) is 17.6. The van der Waals surface area contributed by atoms with Crippen molar-refractivity contribution >= 4 is 33.7 Å². The Morgan fingerprint density at radius 2 is 2.00 bits per heavy atom. The molecule has 0 spiro atoms. The van der Waals surface area contributed by atoms with Crippen LogP contribution >= 0.6 is 15.9 Å². The highest BCUT2D eigenvalue weighted by atomic mass is 79.9. The second kappa shape index (κ2) is 7.78. The number of carbonyl (C=O) groups excluding carboxylic acids is 1. The molecule has 0 radical (unpaired) electrons. The van der Waals surface area contributed by atoms with E-state index in [1.165, 1.54) is 12.3 Å². The molecule has 0 atom stereocenters. The van der Waals surface area contributed by atoms with Gasteiger partial charge in [-0.1, -0.05) is 12.1 Å². The van der Waals surface area contributed by atoms with Crippen LogP contribution in [0.2, 0.25) is 0 Å². The summed E-state index contributed by atoms with van der Waals surface area (Å²) in [6, 6.07) is 10.4. The van der Waals surface area contributed by atoms with E-state index < -0.39 is 0 Å². The number of nitrogens with one attached hydrogen (secondary N) is 1. The molecule has 1 heterocycles. The molecular weight excluding hydrogens is 385 g/mol. The van der Waals surface area contributed by atoms with Crippen LogP contribution in [0.3, 0.4) is 0 Å². The summed E-state index contributed by atoms with van der Waals surface area (Å²) in [5.74, 6) is -0.582. The molecule has 1 saturated heterocycles. The predicted molar refractivity (Wildman–Crippen MR) is 102 cm³/mol. The van der Waals surface area contributed by atoms with E-state index in [4.69, 9.17) is 0 Å². The van der Waals surface area contributed by atoms with Crippen LogP contribution in [-0.2, 0) is 0 Å². The van der Waals surface area contributed by atoms with Crippen LogP contribution in [0.1, 0.15) is 34.3 Å². The van der Waals surface area contributed by atoms with Gasteiger partial charge in [-0.25, -0.2) is 9.82 Å². The van der Waals surface area contributed by atoms with Crippen LogP contribution in [0.5, 0.6) is 0 Å². The van der Waals surface area contributed by atoms with Crippen molar-refractivity contribution in [2.24, 2.45) is 5.10 Å². The summed E-state index contributed by atoms with van der Waals surface area (Å²) in [7, 11) is 0. The number of halogens is 2. The lowest BCUT2D eigenvalue weighted by Crippen LogP contribution is -2.20. The van der Waals surface area contributed by atoms with Crippen LogP contribution in [0, 0.1) is 12.7 Å². The van der Waals surface area contributed by atoms with Gasteiger partial charge in [-0.05, 0) is 65.5 Å². The summed E-state index contributed by atoms with van der Waals surface area (Å²) >= 11 is 3.33. The molecule has 130 valence electrons. The van der Waals surface area contributed by atoms with Gasteiger partial charge in [0.1, 0.15) is 5.82 Å². The Bertz CT molecular complexity index is 816. The van der Waals surface area contributed by atoms with Crippen molar-refractivity contribution in [3.63, 3.8) is 0 Å². The molecule has 2 aromatic carbocycles. The molecule has 0 aromatic heterocycles. The van der Waals surface area contributed by atoms with Crippen molar-refractivity contribution in [2.75, 3.05) is 18.0 Å². The fourth-order valence-electron chi connectivity index (χ4n) is 2.89. The highest BCUT2D eigenvalue weighted by Gasteiger charge is 2.17. The minimum absolute atomic E-state index is 0.258. The molecule has 1 N–H and O–H groups in total. The Labute approximate surface area is 154 Å². The lowest BCUT2D eigenvalue weighted by atomic mass is 10.1. The van der Waals surface area contributed by atoms with Gasteiger partial charge in [0.2, 0.25) is 0 Å². The third-order valence-corrected chi connectivity index (χ3v) is 4.96. The first-order valence-electron chi connectivity index (χ1n) is 8.19. The SMILES string of the molecule is Cc1cc(N2CCCC2)c(F)cc1C=NNC(=O)c1ccccc1Br. The third-order valence-electron chi connectivity index (χ3n) is 4.27. The Kier molecular flexibility index (Phi) is 5.48. The quantitative estimate of drug-likeness (QED) is 0.612. The maximum Gasteiger partial charge on any atom is 0.272 e. The van der Waals surface area contributed by atoms with Gasteiger partial charge < -0.3 is 4.90 Å². The summed E-state index contributed by atoms with van der Waals surface area (Å²) in [5, 5.41) is 3.96. The number of rotatable bonds is 4. The van der Waals surface area contributed by atoms with Gasteiger partial charge in [0.05, 0.1) is 17.5 Å². The molecule has 0 bridgehead atoms.